The molecule has 7 nitrogen and oxygen atoms in total. The topological polar surface area (TPSA) is 93.9 Å². The number of hydrogen-bond donors (Lipinski definition) is 0. The Balaban J connectivity index is 1.76. The van der Waals surface area contributed by atoms with E-state index in [0.29, 0.717) is 5.69 Å². The number of carbonyl (C=O) groups excluding carboxylic acids is 2. The first-order valence-corrected chi connectivity index (χ1v) is 9.16. The number of anilines is 1. The maximum atomic E-state index is 12.6. The van der Waals surface area contributed by atoms with Crippen LogP contribution < -0.4 is 4.90 Å². The molecule has 0 bridgehead atoms. The van der Waals surface area contributed by atoms with Crippen LogP contribution in [0.15, 0.2) is 64.6 Å². The standard InChI is InChI=1S/C17H15NO6S/c19-16(11-24-17(20)15-7-4-9-23-15)18(13-5-2-1-3-6-13)14-8-10-25(21,22)12-14/h1-10,14H,11-12H2/t14-/m0/s1. The first kappa shape index (κ1) is 17.0. The minimum atomic E-state index is -3.35. The summed E-state index contributed by atoms with van der Waals surface area (Å²) in [5.41, 5.74) is 0.522. The van der Waals surface area contributed by atoms with Gasteiger partial charge in [0.2, 0.25) is 5.76 Å². The number of benzene rings is 1. The van der Waals surface area contributed by atoms with Gasteiger partial charge in [0.05, 0.1) is 18.1 Å². The molecule has 2 aromatic rings. The Labute approximate surface area is 144 Å². The van der Waals surface area contributed by atoms with E-state index in [9.17, 15) is 18.0 Å². The summed E-state index contributed by atoms with van der Waals surface area (Å²) in [4.78, 5) is 25.7. The Morgan fingerprint density at radius 3 is 2.52 bits per heavy atom. The first-order valence-electron chi connectivity index (χ1n) is 7.45. The summed E-state index contributed by atoms with van der Waals surface area (Å²) in [6, 6.07) is 10.9. The molecular formula is C17H15NO6S. The van der Waals surface area contributed by atoms with Gasteiger partial charge in [0.25, 0.3) is 5.91 Å². The smallest absolute Gasteiger partial charge is 0.374 e. The maximum absolute atomic E-state index is 12.6. The van der Waals surface area contributed by atoms with Gasteiger partial charge in [0, 0.05) is 11.1 Å². The van der Waals surface area contributed by atoms with E-state index >= 15 is 0 Å². The monoisotopic (exact) mass is 361 g/mol. The van der Waals surface area contributed by atoms with Gasteiger partial charge in [-0.1, -0.05) is 18.2 Å². The van der Waals surface area contributed by atoms with Crippen molar-refractivity contribution in [3.8, 4) is 0 Å². The zero-order valence-electron chi connectivity index (χ0n) is 13.1. The van der Waals surface area contributed by atoms with Crippen LogP contribution in [0.25, 0.3) is 0 Å². The van der Waals surface area contributed by atoms with Crippen LogP contribution in [0.5, 0.6) is 0 Å². The van der Waals surface area contributed by atoms with Gasteiger partial charge in [0.1, 0.15) is 0 Å². The highest BCUT2D eigenvalue weighted by Crippen LogP contribution is 2.22. The van der Waals surface area contributed by atoms with Crippen molar-refractivity contribution in [3.05, 3.63) is 66.0 Å². The lowest BCUT2D eigenvalue weighted by molar-refractivity contribution is -0.121. The molecule has 0 saturated carbocycles. The molecule has 0 radical (unpaired) electrons. The van der Waals surface area contributed by atoms with Crippen LogP contribution in [0, 0.1) is 0 Å². The molecule has 1 atom stereocenters. The Hall–Kier alpha value is -2.87. The molecule has 130 valence electrons. The van der Waals surface area contributed by atoms with Crippen LogP contribution in [0.2, 0.25) is 0 Å². The summed E-state index contributed by atoms with van der Waals surface area (Å²) >= 11 is 0. The molecule has 1 aromatic heterocycles. The van der Waals surface area contributed by atoms with Gasteiger partial charge in [-0.3, -0.25) is 4.79 Å². The molecule has 1 aliphatic rings. The molecule has 0 unspecified atom stereocenters. The van der Waals surface area contributed by atoms with Crippen molar-refractivity contribution in [2.45, 2.75) is 6.04 Å². The van der Waals surface area contributed by atoms with Crippen molar-refractivity contribution in [1.82, 2.24) is 0 Å². The minimum Gasteiger partial charge on any atom is -0.457 e. The van der Waals surface area contributed by atoms with Gasteiger partial charge >= 0.3 is 5.97 Å². The zero-order chi connectivity index (χ0) is 17.9. The van der Waals surface area contributed by atoms with Crippen LogP contribution in [0.4, 0.5) is 5.69 Å². The van der Waals surface area contributed by atoms with E-state index in [4.69, 9.17) is 9.15 Å². The van der Waals surface area contributed by atoms with Crippen molar-refractivity contribution in [1.29, 1.82) is 0 Å². The van der Waals surface area contributed by atoms with E-state index in [0.717, 1.165) is 5.41 Å². The van der Waals surface area contributed by atoms with Crippen molar-refractivity contribution in [3.63, 3.8) is 0 Å². The van der Waals surface area contributed by atoms with Gasteiger partial charge in [-0.2, -0.15) is 0 Å². The second-order valence-corrected chi connectivity index (χ2v) is 7.31. The molecular weight excluding hydrogens is 346 g/mol. The number of ether oxygens (including phenoxy) is 1. The summed E-state index contributed by atoms with van der Waals surface area (Å²) in [7, 11) is -3.35. The molecule has 3 rings (SSSR count). The zero-order valence-corrected chi connectivity index (χ0v) is 13.9. The number of amides is 1. The Kier molecular flexibility index (Phi) is 4.71. The number of carbonyl (C=O) groups is 2. The van der Waals surface area contributed by atoms with Crippen LogP contribution >= 0.6 is 0 Å². The highest BCUT2D eigenvalue weighted by atomic mass is 32.2. The van der Waals surface area contributed by atoms with Crippen molar-refractivity contribution in [2.75, 3.05) is 17.3 Å². The normalized spacial score (nSPS) is 18.0. The molecule has 0 saturated heterocycles. The first-order chi connectivity index (χ1) is 12.0. The molecule has 0 fully saturated rings. The third kappa shape index (κ3) is 3.97. The van der Waals surface area contributed by atoms with Crippen LogP contribution in [-0.2, 0) is 19.4 Å². The van der Waals surface area contributed by atoms with Crippen molar-refractivity contribution >= 4 is 27.4 Å². The van der Waals surface area contributed by atoms with E-state index in [1.54, 1.807) is 30.3 Å². The number of para-hydroxylation sites is 1. The molecule has 0 aliphatic carbocycles. The third-order valence-corrected chi connectivity index (χ3v) is 4.97. The highest BCUT2D eigenvalue weighted by Gasteiger charge is 2.32. The largest absolute Gasteiger partial charge is 0.457 e. The summed E-state index contributed by atoms with van der Waals surface area (Å²) < 4.78 is 33.3. The van der Waals surface area contributed by atoms with E-state index in [2.05, 4.69) is 0 Å². The molecule has 1 aliphatic heterocycles. The minimum absolute atomic E-state index is 0.0117. The second-order valence-electron chi connectivity index (χ2n) is 5.38. The number of nitrogens with zero attached hydrogens (tertiary/aromatic N) is 1. The summed E-state index contributed by atoms with van der Waals surface area (Å²) in [5.74, 6) is -1.51. The maximum Gasteiger partial charge on any atom is 0.374 e. The lowest BCUT2D eigenvalue weighted by atomic mass is 10.2. The summed E-state index contributed by atoms with van der Waals surface area (Å²) in [6.45, 7) is -0.529. The second kappa shape index (κ2) is 6.94. The molecule has 2 heterocycles. The average Bonchev–Trinajstić information content (AvgIpc) is 3.24. The SMILES string of the molecule is O=C(OCC(=O)N(c1ccccc1)[C@H]1C=CS(=O)(=O)C1)c1ccco1. The van der Waals surface area contributed by atoms with Crippen molar-refractivity contribution in [2.24, 2.45) is 0 Å². The Morgan fingerprint density at radius 1 is 1.16 bits per heavy atom. The molecule has 0 spiro atoms. The average molecular weight is 361 g/mol. The van der Waals surface area contributed by atoms with Gasteiger partial charge < -0.3 is 14.1 Å². The van der Waals surface area contributed by atoms with E-state index in [-0.39, 0.29) is 11.5 Å². The highest BCUT2D eigenvalue weighted by molar-refractivity contribution is 7.94. The lowest BCUT2D eigenvalue weighted by Crippen LogP contribution is -2.43. The number of furan rings is 1. The van der Waals surface area contributed by atoms with Crippen LogP contribution in [0.3, 0.4) is 0 Å². The van der Waals surface area contributed by atoms with Crippen LogP contribution in [-0.4, -0.2) is 38.7 Å². The van der Waals surface area contributed by atoms with Gasteiger partial charge in [0.15, 0.2) is 16.4 Å². The quantitative estimate of drug-likeness (QED) is 0.754. The number of esters is 1. The fourth-order valence-electron chi connectivity index (χ4n) is 2.49. The van der Waals surface area contributed by atoms with Crippen molar-refractivity contribution < 1.29 is 27.2 Å². The molecule has 8 heteroatoms. The van der Waals surface area contributed by atoms with E-state index in [1.165, 1.54) is 29.4 Å². The predicted octanol–water partition coefficient (Wildman–Crippen LogP) is 1.78. The van der Waals surface area contributed by atoms with Gasteiger partial charge in [-0.25, -0.2) is 13.2 Å². The molecule has 1 aromatic carbocycles. The van der Waals surface area contributed by atoms with E-state index in [1.807, 2.05) is 0 Å². The predicted molar refractivity (Wildman–Crippen MR) is 89.6 cm³/mol. The third-order valence-electron chi connectivity index (χ3n) is 3.59. The number of sulfone groups is 1. The summed E-state index contributed by atoms with van der Waals surface area (Å²) in [5, 5.41) is 1.09. The molecule has 25 heavy (non-hydrogen) atoms. The fourth-order valence-corrected chi connectivity index (χ4v) is 3.76. The van der Waals surface area contributed by atoms with Crippen LogP contribution in [0.1, 0.15) is 10.6 Å². The molecule has 1 amide bonds. The fraction of sp³-hybridized carbons (Fsp3) is 0.176. The van der Waals surface area contributed by atoms with E-state index < -0.39 is 34.4 Å². The molecule has 0 N–H and O–H groups in total. The lowest BCUT2D eigenvalue weighted by Gasteiger charge is -2.27. The number of hydrogen-bond acceptors (Lipinski definition) is 6. The number of rotatable bonds is 5. The van der Waals surface area contributed by atoms with Gasteiger partial charge in [-0.05, 0) is 30.3 Å². The summed E-state index contributed by atoms with van der Waals surface area (Å²) in [6.07, 6.45) is 2.78. The van der Waals surface area contributed by atoms with Gasteiger partial charge in [-0.15, -0.1) is 0 Å². The Morgan fingerprint density at radius 2 is 1.92 bits per heavy atom. The Bertz CT molecular complexity index is 886.